The van der Waals surface area contributed by atoms with Gasteiger partial charge in [-0.1, -0.05) is 6.07 Å². The highest BCUT2D eigenvalue weighted by molar-refractivity contribution is 5.84. The van der Waals surface area contributed by atoms with Crippen molar-refractivity contribution in [1.29, 1.82) is 10.5 Å². The summed E-state index contributed by atoms with van der Waals surface area (Å²) in [6.45, 7) is 1.64. The predicted octanol–water partition coefficient (Wildman–Crippen LogP) is 2.29. The van der Waals surface area contributed by atoms with Crippen LogP contribution in [0.5, 0.6) is 0 Å². The summed E-state index contributed by atoms with van der Waals surface area (Å²) < 4.78 is 15.0. The molecule has 0 fully saturated rings. The van der Waals surface area contributed by atoms with Gasteiger partial charge in [-0.3, -0.25) is 9.36 Å². The summed E-state index contributed by atoms with van der Waals surface area (Å²) >= 11 is 0. The first-order valence-electron chi connectivity index (χ1n) is 7.38. The van der Waals surface area contributed by atoms with Crippen LogP contribution in [0, 0.1) is 28.5 Å². The van der Waals surface area contributed by atoms with Crippen LogP contribution in [0.2, 0.25) is 0 Å². The Labute approximate surface area is 142 Å². The maximum atomic E-state index is 13.9. The summed E-state index contributed by atoms with van der Waals surface area (Å²) in [5.41, 5.74) is 6.10. The van der Waals surface area contributed by atoms with E-state index in [1.54, 1.807) is 19.1 Å². The minimum absolute atomic E-state index is 0.0613. The molecule has 3 rings (SSSR count). The molecule has 0 spiro atoms. The highest BCUT2D eigenvalue weighted by Gasteiger charge is 2.18. The van der Waals surface area contributed by atoms with Gasteiger partial charge in [-0.25, -0.2) is 9.37 Å². The highest BCUT2D eigenvalue weighted by atomic mass is 19.1. The molecule has 1 unspecified atom stereocenters. The Morgan fingerprint density at radius 3 is 2.64 bits per heavy atom. The summed E-state index contributed by atoms with van der Waals surface area (Å²) in [4.78, 5) is 17.4. The molecule has 2 N–H and O–H groups in total. The third-order valence-electron chi connectivity index (χ3n) is 3.72. The number of nitriles is 2. The van der Waals surface area contributed by atoms with Gasteiger partial charge in [0, 0.05) is 0 Å². The number of aromatic nitrogens is 2. The number of rotatable bonds is 2. The number of nitrogens with zero attached hydrogens (tertiary/aromatic N) is 4. The Bertz CT molecular complexity index is 1140. The van der Waals surface area contributed by atoms with Crippen LogP contribution in [-0.2, 0) is 0 Å². The lowest BCUT2D eigenvalue weighted by Gasteiger charge is -2.16. The Morgan fingerprint density at radius 2 is 2.00 bits per heavy atom. The number of nitrogens with two attached hydrogens (primary N) is 1. The van der Waals surface area contributed by atoms with Crippen molar-refractivity contribution in [3.05, 3.63) is 69.5 Å². The maximum Gasteiger partial charge on any atom is 0.267 e. The lowest BCUT2D eigenvalue weighted by atomic mass is 10.1. The Morgan fingerprint density at radius 1 is 1.24 bits per heavy atom. The molecule has 7 heteroatoms. The first-order chi connectivity index (χ1) is 12.0. The molecule has 2 aromatic carbocycles. The quantitative estimate of drug-likeness (QED) is 0.774. The van der Waals surface area contributed by atoms with Gasteiger partial charge in [-0.05, 0) is 37.3 Å². The molecule has 122 valence electrons. The third-order valence-corrected chi connectivity index (χ3v) is 3.72. The second kappa shape index (κ2) is 6.16. The molecule has 6 nitrogen and oxygen atoms in total. The molecule has 0 aliphatic heterocycles. The van der Waals surface area contributed by atoms with E-state index in [0.717, 1.165) is 16.7 Å². The lowest BCUT2D eigenvalue weighted by molar-refractivity contribution is 0.623. The van der Waals surface area contributed by atoms with Crippen molar-refractivity contribution in [2.45, 2.75) is 13.0 Å². The number of benzene rings is 2. The molecule has 0 saturated heterocycles. The number of halogens is 1. The monoisotopic (exact) mass is 333 g/mol. The summed E-state index contributed by atoms with van der Waals surface area (Å²) in [5.74, 6) is -0.452. The van der Waals surface area contributed by atoms with Gasteiger partial charge in [0.2, 0.25) is 0 Å². The summed E-state index contributed by atoms with van der Waals surface area (Å²) in [5, 5.41) is 18.4. The predicted molar refractivity (Wildman–Crippen MR) is 89.3 cm³/mol. The molecule has 1 atom stereocenters. The Balaban J connectivity index is 2.50. The van der Waals surface area contributed by atoms with E-state index in [9.17, 15) is 14.4 Å². The van der Waals surface area contributed by atoms with E-state index in [4.69, 9.17) is 11.0 Å². The zero-order valence-electron chi connectivity index (χ0n) is 13.2. The smallest absolute Gasteiger partial charge is 0.267 e. The van der Waals surface area contributed by atoms with Crippen LogP contribution in [0.3, 0.4) is 0 Å². The van der Waals surface area contributed by atoms with Gasteiger partial charge in [0.1, 0.15) is 17.7 Å². The van der Waals surface area contributed by atoms with Gasteiger partial charge in [-0.2, -0.15) is 10.5 Å². The van der Waals surface area contributed by atoms with E-state index in [-0.39, 0.29) is 28.0 Å². The fraction of sp³-hybridized carbons (Fsp3) is 0.111. The van der Waals surface area contributed by atoms with E-state index >= 15 is 0 Å². The van der Waals surface area contributed by atoms with Gasteiger partial charge in [-0.15, -0.1) is 0 Å². The molecule has 1 heterocycles. The molecule has 0 bridgehead atoms. The number of fused-ring (bicyclic) bond motifs is 1. The second-order valence-corrected chi connectivity index (χ2v) is 5.52. The van der Waals surface area contributed by atoms with Gasteiger partial charge in [0.25, 0.3) is 5.56 Å². The molecule has 3 aromatic rings. The SMILES string of the molecule is CC(N)c1nc2cccc(C#N)c2c(=O)n1-c1cc(F)cc(C#N)c1. The van der Waals surface area contributed by atoms with Crippen molar-refractivity contribution in [3.8, 4) is 17.8 Å². The van der Waals surface area contributed by atoms with Crippen LogP contribution in [0.1, 0.15) is 29.9 Å². The molecular formula is C18H12FN5O. The van der Waals surface area contributed by atoms with Crippen molar-refractivity contribution < 1.29 is 4.39 Å². The molecule has 25 heavy (non-hydrogen) atoms. The number of hydrogen-bond acceptors (Lipinski definition) is 5. The zero-order valence-corrected chi connectivity index (χ0v) is 13.2. The van der Waals surface area contributed by atoms with Crippen LogP contribution in [0.25, 0.3) is 16.6 Å². The van der Waals surface area contributed by atoms with Gasteiger partial charge >= 0.3 is 0 Å². The highest BCUT2D eigenvalue weighted by Crippen LogP contribution is 2.20. The first kappa shape index (κ1) is 16.3. The van der Waals surface area contributed by atoms with Gasteiger partial charge in [0.15, 0.2) is 0 Å². The second-order valence-electron chi connectivity index (χ2n) is 5.52. The summed E-state index contributed by atoms with van der Waals surface area (Å²) in [6, 6.07) is 11.5. The third kappa shape index (κ3) is 2.74. The van der Waals surface area contributed by atoms with E-state index in [2.05, 4.69) is 4.98 Å². The average molecular weight is 333 g/mol. The molecule has 0 amide bonds. The van der Waals surface area contributed by atoms with Crippen LogP contribution in [0.4, 0.5) is 4.39 Å². The number of hydrogen-bond donors (Lipinski definition) is 1. The average Bonchev–Trinajstić information content (AvgIpc) is 2.60. The van der Waals surface area contributed by atoms with Gasteiger partial charge < -0.3 is 5.73 Å². The lowest BCUT2D eigenvalue weighted by Crippen LogP contribution is -2.28. The topological polar surface area (TPSA) is 108 Å². The Hall–Kier alpha value is -3.55. The molecule has 1 aromatic heterocycles. The van der Waals surface area contributed by atoms with Crippen LogP contribution >= 0.6 is 0 Å². The normalized spacial score (nSPS) is 11.7. The van der Waals surface area contributed by atoms with E-state index < -0.39 is 17.4 Å². The standard InChI is InChI=1S/C18H12FN5O/c1-10(22)17-23-15-4-2-3-12(9-21)16(15)18(25)24(17)14-6-11(8-20)5-13(19)7-14/h2-7,10H,22H2,1H3. The van der Waals surface area contributed by atoms with Crippen molar-refractivity contribution in [3.63, 3.8) is 0 Å². The van der Waals surface area contributed by atoms with E-state index in [0.29, 0.717) is 5.52 Å². The fourth-order valence-electron chi connectivity index (χ4n) is 2.66. The van der Waals surface area contributed by atoms with Crippen LogP contribution in [0.15, 0.2) is 41.2 Å². The van der Waals surface area contributed by atoms with E-state index in [1.807, 2.05) is 12.1 Å². The maximum absolute atomic E-state index is 13.9. The minimum atomic E-state index is -0.662. The van der Waals surface area contributed by atoms with Crippen LogP contribution < -0.4 is 11.3 Å². The van der Waals surface area contributed by atoms with Crippen LogP contribution in [-0.4, -0.2) is 9.55 Å². The summed E-state index contributed by atoms with van der Waals surface area (Å²) in [7, 11) is 0. The minimum Gasteiger partial charge on any atom is -0.322 e. The fourth-order valence-corrected chi connectivity index (χ4v) is 2.66. The van der Waals surface area contributed by atoms with Crippen molar-refractivity contribution in [2.75, 3.05) is 0 Å². The molecule has 0 saturated carbocycles. The first-order valence-corrected chi connectivity index (χ1v) is 7.38. The molecule has 0 aliphatic rings. The summed E-state index contributed by atoms with van der Waals surface area (Å²) in [6.07, 6.45) is 0. The molecular weight excluding hydrogens is 321 g/mol. The van der Waals surface area contributed by atoms with Gasteiger partial charge in [0.05, 0.1) is 39.8 Å². The molecule has 0 aliphatic carbocycles. The van der Waals surface area contributed by atoms with Crippen molar-refractivity contribution in [1.82, 2.24) is 9.55 Å². The molecule has 0 radical (unpaired) electrons. The largest absolute Gasteiger partial charge is 0.322 e. The Kier molecular flexibility index (Phi) is 4.02. The zero-order chi connectivity index (χ0) is 18.1. The van der Waals surface area contributed by atoms with E-state index in [1.165, 1.54) is 12.1 Å². The van der Waals surface area contributed by atoms with Crippen molar-refractivity contribution >= 4 is 10.9 Å². The van der Waals surface area contributed by atoms with Crippen molar-refractivity contribution in [2.24, 2.45) is 5.73 Å².